The summed E-state index contributed by atoms with van der Waals surface area (Å²) in [6.07, 6.45) is 0.744. The molecule has 0 saturated heterocycles. The second kappa shape index (κ2) is 4.69. The van der Waals surface area contributed by atoms with Gasteiger partial charge in [0, 0.05) is 12.1 Å². The fourth-order valence-electron chi connectivity index (χ4n) is 2.74. The molecule has 1 aromatic carbocycles. The van der Waals surface area contributed by atoms with Gasteiger partial charge in [-0.15, -0.1) is 11.3 Å². The van der Waals surface area contributed by atoms with Crippen molar-refractivity contribution in [2.45, 2.75) is 36.6 Å². The summed E-state index contributed by atoms with van der Waals surface area (Å²) >= 11 is 1.28. The van der Waals surface area contributed by atoms with Crippen LogP contribution >= 0.6 is 11.3 Å². The van der Waals surface area contributed by atoms with Crippen LogP contribution in [0.4, 0.5) is 0 Å². The van der Waals surface area contributed by atoms with Gasteiger partial charge in [-0.1, -0.05) is 30.3 Å². The average molecular weight is 307 g/mol. The number of hydrogen-bond donors (Lipinski definition) is 0. The molecule has 0 fully saturated rings. The molecule has 0 unspecified atom stereocenters. The Balaban J connectivity index is 2.07. The Morgan fingerprint density at radius 1 is 1.10 bits per heavy atom. The maximum Gasteiger partial charge on any atom is 0.253 e. The molecule has 1 aromatic heterocycles. The van der Waals surface area contributed by atoms with E-state index >= 15 is 0 Å². The van der Waals surface area contributed by atoms with E-state index in [1.165, 1.54) is 16.9 Å². The summed E-state index contributed by atoms with van der Waals surface area (Å²) in [4.78, 5) is 0. The third-order valence-corrected chi connectivity index (χ3v) is 7.20. The molecule has 0 aliphatic carbocycles. The van der Waals surface area contributed by atoms with E-state index in [0.29, 0.717) is 10.8 Å². The number of benzene rings is 1. The monoisotopic (exact) mass is 307 g/mol. The van der Waals surface area contributed by atoms with Crippen molar-refractivity contribution >= 4 is 21.4 Å². The Morgan fingerprint density at radius 2 is 1.80 bits per heavy atom. The maximum absolute atomic E-state index is 12.8. The number of nitrogens with zero attached hydrogens (tertiary/aromatic N) is 1. The van der Waals surface area contributed by atoms with Crippen molar-refractivity contribution < 1.29 is 8.42 Å². The largest absolute Gasteiger partial charge is 0.253 e. The summed E-state index contributed by atoms with van der Waals surface area (Å²) in [5.41, 5.74) is 1.94. The third kappa shape index (κ3) is 2.20. The third-order valence-electron chi connectivity index (χ3n) is 3.77. The molecule has 2 aromatic rings. The Morgan fingerprint density at radius 3 is 2.45 bits per heavy atom. The van der Waals surface area contributed by atoms with Crippen LogP contribution in [0, 0.1) is 0 Å². The minimum atomic E-state index is -3.42. The lowest BCUT2D eigenvalue weighted by atomic mass is 9.88. The van der Waals surface area contributed by atoms with E-state index in [1.54, 1.807) is 21.8 Å². The number of sulfonamides is 1. The van der Waals surface area contributed by atoms with Crippen LogP contribution in [0.25, 0.3) is 0 Å². The van der Waals surface area contributed by atoms with E-state index < -0.39 is 15.6 Å². The van der Waals surface area contributed by atoms with E-state index in [4.69, 9.17) is 0 Å². The molecule has 0 spiro atoms. The molecule has 3 nitrogen and oxygen atoms in total. The molecular formula is C15H17NO2S2. The Hall–Kier alpha value is -1.17. The Labute approximate surface area is 123 Å². The molecule has 106 valence electrons. The van der Waals surface area contributed by atoms with Gasteiger partial charge < -0.3 is 0 Å². The quantitative estimate of drug-likeness (QED) is 0.854. The summed E-state index contributed by atoms with van der Waals surface area (Å²) < 4.78 is 27.7. The topological polar surface area (TPSA) is 37.4 Å². The van der Waals surface area contributed by atoms with E-state index in [2.05, 4.69) is 6.07 Å². The fraction of sp³-hybridized carbons (Fsp3) is 0.333. The molecule has 1 aliphatic heterocycles. The van der Waals surface area contributed by atoms with Crippen LogP contribution in [0.15, 0.2) is 46.0 Å². The van der Waals surface area contributed by atoms with Crippen LogP contribution < -0.4 is 0 Å². The number of hydrogen-bond acceptors (Lipinski definition) is 3. The maximum atomic E-state index is 12.8. The molecule has 2 heterocycles. The number of rotatable bonds is 2. The second-order valence-corrected chi connectivity index (χ2v) is 8.74. The molecule has 0 amide bonds. The molecule has 0 saturated carbocycles. The summed E-state index contributed by atoms with van der Waals surface area (Å²) in [5.74, 6) is 0. The van der Waals surface area contributed by atoms with Crippen molar-refractivity contribution in [3.8, 4) is 0 Å². The normalized spacial score (nSPS) is 18.7. The molecule has 0 N–H and O–H groups in total. The first-order valence-electron chi connectivity index (χ1n) is 6.54. The van der Waals surface area contributed by atoms with Gasteiger partial charge in [0.1, 0.15) is 4.21 Å². The van der Waals surface area contributed by atoms with Gasteiger partial charge in [0.05, 0.1) is 0 Å². The Kier molecular flexibility index (Phi) is 3.23. The standard InChI is InChI=1S/C15H17NO2S2/c1-15(2)10-12-6-3-4-7-13(12)11-16(15)20(17,18)14-8-5-9-19-14/h3-9H,10-11H2,1-2H3. The zero-order chi connectivity index (χ0) is 14.4. The van der Waals surface area contributed by atoms with Gasteiger partial charge in [-0.3, -0.25) is 0 Å². The lowest BCUT2D eigenvalue weighted by molar-refractivity contribution is 0.203. The fourth-order valence-corrected chi connectivity index (χ4v) is 5.60. The van der Waals surface area contributed by atoms with E-state index in [9.17, 15) is 8.42 Å². The van der Waals surface area contributed by atoms with Crippen molar-refractivity contribution in [1.29, 1.82) is 0 Å². The first-order chi connectivity index (χ1) is 9.41. The van der Waals surface area contributed by atoms with Crippen LogP contribution in [-0.2, 0) is 23.0 Å². The molecular weight excluding hydrogens is 290 g/mol. The van der Waals surface area contributed by atoms with Crippen LogP contribution in [0.3, 0.4) is 0 Å². The van der Waals surface area contributed by atoms with Crippen molar-refractivity contribution in [1.82, 2.24) is 4.31 Å². The minimum Gasteiger partial charge on any atom is -0.206 e. The first-order valence-corrected chi connectivity index (χ1v) is 8.86. The van der Waals surface area contributed by atoms with E-state index in [-0.39, 0.29) is 0 Å². The van der Waals surface area contributed by atoms with Crippen LogP contribution in [0.1, 0.15) is 25.0 Å². The average Bonchev–Trinajstić information content (AvgIpc) is 2.91. The van der Waals surface area contributed by atoms with Gasteiger partial charge in [-0.25, -0.2) is 8.42 Å². The summed E-state index contributed by atoms with van der Waals surface area (Å²) in [5, 5.41) is 1.80. The highest BCUT2D eigenvalue weighted by molar-refractivity contribution is 7.91. The van der Waals surface area contributed by atoms with Crippen LogP contribution in [0.2, 0.25) is 0 Å². The van der Waals surface area contributed by atoms with E-state index in [0.717, 1.165) is 12.0 Å². The van der Waals surface area contributed by atoms with Gasteiger partial charge in [0.15, 0.2) is 0 Å². The predicted molar refractivity (Wildman–Crippen MR) is 81.3 cm³/mol. The summed E-state index contributed by atoms with van der Waals surface area (Å²) in [6.45, 7) is 4.44. The highest BCUT2D eigenvalue weighted by Gasteiger charge is 2.41. The lowest BCUT2D eigenvalue weighted by Crippen LogP contribution is -2.51. The SMILES string of the molecule is CC1(C)Cc2ccccc2CN1S(=O)(=O)c1cccs1. The van der Waals surface area contributed by atoms with Crippen molar-refractivity contribution in [3.05, 3.63) is 52.9 Å². The zero-order valence-electron chi connectivity index (χ0n) is 11.5. The summed E-state index contributed by atoms with van der Waals surface area (Å²) in [7, 11) is -3.42. The predicted octanol–water partition coefficient (Wildman–Crippen LogP) is 3.27. The smallest absolute Gasteiger partial charge is 0.206 e. The van der Waals surface area contributed by atoms with Crippen LogP contribution in [0.5, 0.6) is 0 Å². The molecule has 3 rings (SSSR count). The van der Waals surface area contributed by atoms with Crippen molar-refractivity contribution in [2.75, 3.05) is 0 Å². The molecule has 20 heavy (non-hydrogen) atoms. The van der Waals surface area contributed by atoms with Gasteiger partial charge in [-0.05, 0) is 42.8 Å². The van der Waals surface area contributed by atoms with Crippen molar-refractivity contribution in [2.24, 2.45) is 0 Å². The molecule has 0 bridgehead atoms. The summed E-state index contributed by atoms with van der Waals surface area (Å²) in [6, 6.07) is 11.5. The number of thiophene rings is 1. The van der Waals surface area contributed by atoms with E-state index in [1.807, 2.05) is 32.0 Å². The number of fused-ring (bicyclic) bond motifs is 1. The van der Waals surface area contributed by atoms with Crippen molar-refractivity contribution in [3.63, 3.8) is 0 Å². The van der Waals surface area contributed by atoms with Crippen LogP contribution in [-0.4, -0.2) is 18.3 Å². The zero-order valence-corrected chi connectivity index (χ0v) is 13.2. The highest BCUT2D eigenvalue weighted by atomic mass is 32.2. The molecule has 0 atom stereocenters. The van der Waals surface area contributed by atoms with Gasteiger partial charge in [0.25, 0.3) is 10.0 Å². The first kappa shape index (κ1) is 13.8. The highest BCUT2D eigenvalue weighted by Crippen LogP contribution is 2.36. The minimum absolute atomic E-state index is 0.406. The van der Waals surface area contributed by atoms with Gasteiger partial charge >= 0.3 is 0 Å². The van der Waals surface area contributed by atoms with Gasteiger partial charge in [-0.2, -0.15) is 4.31 Å². The second-order valence-electron chi connectivity index (χ2n) is 5.70. The molecule has 1 aliphatic rings. The lowest BCUT2D eigenvalue weighted by Gasteiger charge is -2.41. The molecule has 0 radical (unpaired) electrons. The Bertz CT molecular complexity index is 718. The van der Waals surface area contributed by atoms with Gasteiger partial charge in [0.2, 0.25) is 0 Å². The molecule has 5 heteroatoms.